The standard InChI is InChI=1S/C15H20BrN5/c1-4-17-15-12(16)13(10-5-6-10)19-14(20-15)11-7-18-21(8-11)9(2)3/h7-10H,4-6H2,1-3H3,(H,17,19,20). The molecular weight excluding hydrogens is 330 g/mol. The molecule has 2 aromatic heterocycles. The van der Waals surface area contributed by atoms with E-state index in [9.17, 15) is 0 Å². The van der Waals surface area contributed by atoms with Gasteiger partial charge in [0.05, 0.1) is 21.9 Å². The number of halogens is 1. The van der Waals surface area contributed by atoms with E-state index in [-0.39, 0.29) is 0 Å². The number of nitrogens with one attached hydrogen (secondary N) is 1. The Morgan fingerprint density at radius 1 is 1.38 bits per heavy atom. The van der Waals surface area contributed by atoms with Crippen LogP contribution in [0.25, 0.3) is 11.4 Å². The van der Waals surface area contributed by atoms with Gasteiger partial charge in [0, 0.05) is 24.7 Å². The Morgan fingerprint density at radius 2 is 2.14 bits per heavy atom. The highest BCUT2D eigenvalue weighted by molar-refractivity contribution is 9.10. The highest BCUT2D eigenvalue weighted by Crippen LogP contribution is 2.44. The largest absolute Gasteiger partial charge is 0.369 e. The van der Waals surface area contributed by atoms with Gasteiger partial charge in [-0.05, 0) is 49.5 Å². The lowest BCUT2D eigenvalue weighted by Gasteiger charge is -2.11. The minimum Gasteiger partial charge on any atom is -0.369 e. The van der Waals surface area contributed by atoms with Gasteiger partial charge in [-0.25, -0.2) is 9.97 Å². The number of hydrogen-bond donors (Lipinski definition) is 1. The molecule has 3 rings (SSSR count). The van der Waals surface area contributed by atoms with Gasteiger partial charge in [-0.1, -0.05) is 0 Å². The Kier molecular flexibility index (Phi) is 3.97. The van der Waals surface area contributed by atoms with Crippen LogP contribution in [0.1, 0.15) is 51.3 Å². The lowest BCUT2D eigenvalue weighted by Crippen LogP contribution is -2.05. The smallest absolute Gasteiger partial charge is 0.165 e. The molecule has 6 heteroatoms. The molecular formula is C15H20BrN5. The van der Waals surface area contributed by atoms with Crippen molar-refractivity contribution in [1.29, 1.82) is 0 Å². The second-order valence-electron chi connectivity index (χ2n) is 5.70. The van der Waals surface area contributed by atoms with Crippen LogP contribution in [0.15, 0.2) is 16.9 Å². The number of hydrogen-bond acceptors (Lipinski definition) is 4. The summed E-state index contributed by atoms with van der Waals surface area (Å²) in [5.74, 6) is 2.20. The van der Waals surface area contributed by atoms with Crippen LogP contribution in [0, 0.1) is 0 Å². The summed E-state index contributed by atoms with van der Waals surface area (Å²) in [6.07, 6.45) is 6.29. The summed E-state index contributed by atoms with van der Waals surface area (Å²) < 4.78 is 2.94. The van der Waals surface area contributed by atoms with Gasteiger partial charge >= 0.3 is 0 Å². The molecule has 0 radical (unpaired) electrons. The Labute approximate surface area is 133 Å². The van der Waals surface area contributed by atoms with E-state index in [1.54, 1.807) is 0 Å². The second kappa shape index (κ2) is 5.75. The first-order chi connectivity index (χ1) is 10.1. The van der Waals surface area contributed by atoms with E-state index >= 15 is 0 Å². The van der Waals surface area contributed by atoms with Crippen molar-refractivity contribution in [3.05, 3.63) is 22.6 Å². The number of rotatable bonds is 5. The molecule has 0 bridgehead atoms. The Morgan fingerprint density at radius 3 is 2.71 bits per heavy atom. The lowest BCUT2D eigenvalue weighted by molar-refractivity contribution is 0.532. The van der Waals surface area contributed by atoms with E-state index in [4.69, 9.17) is 4.98 Å². The fourth-order valence-electron chi connectivity index (χ4n) is 2.24. The van der Waals surface area contributed by atoms with Crippen molar-refractivity contribution in [2.75, 3.05) is 11.9 Å². The van der Waals surface area contributed by atoms with Gasteiger partial charge in [-0.2, -0.15) is 5.10 Å². The normalized spacial score (nSPS) is 14.7. The van der Waals surface area contributed by atoms with Crippen LogP contribution >= 0.6 is 15.9 Å². The molecule has 0 spiro atoms. The highest BCUT2D eigenvalue weighted by Gasteiger charge is 2.29. The van der Waals surface area contributed by atoms with E-state index in [2.05, 4.69) is 52.1 Å². The number of aromatic nitrogens is 4. The third-order valence-corrected chi connectivity index (χ3v) is 4.36. The van der Waals surface area contributed by atoms with E-state index < -0.39 is 0 Å². The van der Waals surface area contributed by atoms with Crippen LogP contribution in [0.3, 0.4) is 0 Å². The van der Waals surface area contributed by atoms with Crippen molar-refractivity contribution in [2.45, 2.75) is 45.6 Å². The SMILES string of the molecule is CCNc1nc(-c2cnn(C(C)C)c2)nc(C2CC2)c1Br. The van der Waals surface area contributed by atoms with Crippen LogP contribution in [0.4, 0.5) is 5.82 Å². The first-order valence-corrected chi connectivity index (χ1v) is 8.25. The molecule has 1 fully saturated rings. The molecule has 0 unspecified atom stereocenters. The van der Waals surface area contributed by atoms with Gasteiger partial charge in [0.15, 0.2) is 5.82 Å². The molecule has 0 aromatic carbocycles. The van der Waals surface area contributed by atoms with Crippen LogP contribution in [-0.4, -0.2) is 26.3 Å². The van der Waals surface area contributed by atoms with E-state index in [0.29, 0.717) is 12.0 Å². The Hall–Kier alpha value is -1.43. The monoisotopic (exact) mass is 349 g/mol. The zero-order chi connectivity index (χ0) is 15.0. The third kappa shape index (κ3) is 2.95. The molecule has 0 aliphatic heterocycles. The first-order valence-electron chi connectivity index (χ1n) is 7.46. The van der Waals surface area contributed by atoms with Gasteiger partial charge in [0.1, 0.15) is 5.82 Å². The van der Waals surface area contributed by atoms with Crippen molar-refractivity contribution in [2.24, 2.45) is 0 Å². The molecule has 0 saturated heterocycles. The molecule has 2 aromatic rings. The summed E-state index contributed by atoms with van der Waals surface area (Å²) in [5, 5.41) is 7.70. The molecule has 2 heterocycles. The second-order valence-corrected chi connectivity index (χ2v) is 6.50. The minimum absolute atomic E-state index is 0.338. The summed E-state index contributed by atoms with van der Waals surface area (Å²) in [7, 11) is 0. The van der Waals surface area contributed by atoms with Gasteiger partial charge in [0.25, 0.3) is 0 Å². The Bertz CT molecular complexity index is 646. The fourth-order valence-corrected chi connectivity index (χ4v) is 2.88. The summed E-state index contributed by atoms with van der Waals surface area (Å²) in [4.78, 5) is 9.42. The van der Waals surface area contributed by atoms with Crippen molar-refractivity contribution >= 4 is 21.7 Å². The average Bonchev–Trinajstić information content (AvgIpc) is 3.17. The molecule has 1 aliphatic rings. The van der Waals surface area contributed by atoms with Crippen molar-refractivity contribution in [3.63, 3.8) is 0 Å². The van der Waals surface area contributed by atoms with Crippen molar-refractivity contribution in [1.82, 2.24) is 19.7 Å². The summed E-state index contributed by atoms with van der Waals surface area (Å²) >= 11 is 3.65. The first kappa shape index (κ1) is 14.5. The van der Waals surface area contributed by atoms with Crippen molar-refractivity contribution in [3.8, 4) is 11.4 Å². The number of anilines is 1. The molecule has 1 N–H and O–H groups in total. The molecule has 1 saturated carbocycles. The molecule has 0 atom stereocenters. The van der Waals surface area contributed by atoms with Crippen LogP contribution in [0.2, 0.25) is 0 Å². The molecule has 21 heavy (non-hydrogen) atoms. The van der Waals surface area contributed by atoms with E-state index in [1.807, 2.05) is 17.1 Å². The topological polar surface area (TPSA) is 55.6 Å². The predicted octanol–water partition coefficient (Wildman–Crippen LogP) is 3.99. The summed E-state index contributed by atoms with van der Waals surface area (Å²) in [6, 6.07) is 0.338. The lowest BCUT2D eigenvalue weighted by atomic mass is 10.2. The van der Waals surface area contributed by atoms with Gasteiger partial charge in [0.2, 0.25) is 0 Å². The summed E-state index contributed by atoms with van der Waals surface area (Å²) in [6.45, 7) is 7.13. The zero-order valence-corrected chi connectivity index (χ0v) is 14.2. The van der Waals surface area contributed by atoms with Crippen LogP contribution < -0.4 is 5.32 Å². The van der Waals surface area contributed by atoms with Gasteiger partial charge < -0.3 is 5.32 Å². The maximum atomic E-state index is 4.77. The molecule has 5 nitrogen and oxygen atoms in total. The van der Waals surface area contributed by atoms with E-state index in [1.165, 1.54) is 12.8 Å². The summed E-state index contributed by atoms with van der Waals surface area (Å²) in [5.41, 5.74) is 2.09. The highest BCUT2D eigenvalue weighted by atomic mass is 79.9. The fraction of sp³-hybridized carbons (Fsp3) is 0.533. The molecule has 0 amide bonds. The maximum Gasteiger partial charge on any atom is 0.165 e. The van der Waals surface area contributed by atoms with Crippen LogP contribution in [-0.2, 0) is 0 Å². The third-order valence-electron chi connectivity index (χ3n) is 3.57. The maximum absolute atomic E-state index is 4.77. The predicted molar refractivity (Wildman–Crippen MR) is 87.5 cm³/mol. The van der Waals surface area contributed by atoms with Crippen LogP contribution in [0.5, 0.6) is 0 Å². The zero-order valence-electron chi connectivity index (χ0n) is 12.6. The molecule has 1 aliphatic carbocycles. The van der Waals surface area contributed by atoms with Crippen molar-refractivity contribution < 1.29 is 0 Å². The average molecular weight is 350 g/mol. The quantitative estimate of drug-likeness (QED) is 0.886. The van der Waals surface area contributed by atoms with Gasteiger partial charge in [-0.15, -0.1) is 0 Å². The minimum atomic E-state index is 0.338. The Balaban J connectivity index is 2.04. The molecule has 112 valence electrons. The van der Waals surface area contributed by atoms with Gasteiger partial charge in [-0.3, -0.25) is 4.68 Å². The number of nitrogens with zero attached hydrogens (tertiary/aromatic N) is 4. The van der Waals surface area contributed by atoms with E-state index in [0.717, 1.165) is 33.9 Å².